The Hall–Kier alpha value is -1.27. The normalized spacial score (nSPS) is 11.5. The zero-order valence-corrected chi connectivity index (χ0v) is 14.4. The summed E-state index contributed by atoms with van der Waals surface area (Å²) >= 11 is 4.95. The summed E-state index contributed by atoms with van der Waals surface area (Å²) in [5.74, 6) is 0.515. The number of hydrogen-bond acceptors (Lipinski definition) is 6. The van der Waals surface area contributed by atoms with E-state index in [2.05, 4.69) is 40.1 Å². The summed E-state index contributed by atoms with van der Waals surface area (Å²) in [7, 11) is 0. The number of rotatable bonds is 5. The van der Waals surface area contributed by atoms with Gasteiger partial charge < -0.3 is 16.4 Å². The Kier molecular flexibility index (Phi) is 5.87. The second-order valence-electron chi connectivity index (χ2n) is 3.86. The van der Waals surface area contributed by atoms with Crippen LogP contribution in [0.25, 0.3) is 0 Å². The molecule has 1 aromatic heterocycles. The van der Waals surface area contributed by atoms with Crippen molar-refractivity contribution in [2.75, 3.05) is 23.7 Å². The summed E-state index contributed by atoms with van der Waals surface area (Å²) in [6, 6.07) is 4.52. The molecular formula is C11H11BrFIN6O. The van der Waals surface area contributed by atoms with Gasteiger partial charge in [-0.3, -0.25) is 0 Å². The van der Waals surface area contributed by atoms with E-state index in [9.17, 15) is 4.39 Å². The SMILES string of the molecule is NCCNc1nonc1C(=NI)Nc1ccc(F)c(Br)c1. The van der Waals surface area contributed by atoms with Crippen molar-refractivity contribution in [1.82, 2.24) is 10.3 Å². The first-order chi connectivity index (χ1) is 10.2. The van der Waals surface area contributed by atoms with Crippen LogP contribution in [0.2, 0.25) is 0 Å². The highest BCUT2D eigenvalue weighted by Gasteiger charge is 2.16. The van der Waals surface area contributed by atoms with E-state index in [0.29, 0.717) is 40.6 Å². The number of nitrogens with one attached hydrogen (secondary N) is 2. The molecule has 0 unspecified atom stereocenters. The van der Waals surface area contributed by atoms with E-state index in [1.54, 1.807) is 12.1 Å². The topological polar surface area (TPSA) is 101 Å². The van der Waals surface area contributed by atoms with Crippen molar-refractivity contribution in [3.63, 3.8) is 0 Å². The van der Waals surface area contributed by atoms with Gasteiger partial charge in [-0.25, -0.2) is 9.02 Å². The van der Waals surface area contributed by atoms with E-state index < -0.39 is 0 Å². The molecule has 4 N–H and O–H groups in total. The fourth-order valence-electron chi connectivity index (χ4n) is 1.48. The fourth-order valence-corrected chi connectivity index (χ4v) is 2.21. The number of aromatic nitrogens is 2. The third-order valence-corrected chi connectivity index (χ3v) is 3.51. The van der Waals surface area contributed by atoms with Gasteiger partial charge in [-0.15, -0.1) is 0 Å². The molecule has 2 aromatic rings. The smallest absolute Gasteiger partial charge is 0.202 e. The summed E-state index contributed by atoms with van der Waals surface area (Å²) in [5.41, 5.74) is 6.49. The lowest BCUT2D eigenvalue weighted by Crippen LogP contribution is -2.18. The maximum atomic E-state index is 13.2. The minimum Gasteiger partial charge on any atom is -0.364 e. The average molecular weight is 469 g/mol. The lowest BCUT2D eigenvalue weighted by Gasteiger charge is -2.08. The van der Waals surface area contributed by atoms with Crippen molar-refractivity contribution in [3.05, 3.63) is 34.2 Å². The lowest BCUT2D eigenvalue weighted by atomic mass is 10.3. The van der Waals surface area contributed by atoms with Crippen molar-refractivity contribution < 1.29 is 9.02 Å². The minimum absolute atomic E-state index is 0.345. The highest BCUT2D eigenvalue weighted by atomic mass is 127. The number of benzene rings is 1. The van der Waals surface area contributed by atoms with Gasteiger partial charge in [0.25, 0.3) is 0 Å². The van der Waals surface area contributed by atoms with E-state index in [1.165, 1.54) is 6.07 Å². The minimum atomic E-state index is -0.345. The first-order valence-corrected chi connectivity index (χ1v) is 7.59. The quantitative estimate of drug-likeness (QED) is 0.354. The molecule has 1 heterocycles. The molecule has 2 rings (SSSR count). The predicted molar refractivity (Wildman–Crippen MR) is 90.1 cm³/mol. The Labute approximate surface area is 142 Å². The van der Waals surface area contributed by atoms with Crippen LogP contribution in [0.4, 0.5) is 15.9 Å². The van der Waals surface area contributed by atoms with Gasteiger partial charge in [0.15, 0.2) is 11.5 Å². The zero-order valence-electron chi connectivity index (χ0n) is 10.6. The van der Waals surface area contributed by atoms with Crippen LogP contribution >= 0.6 is 38.8 Å². The third kappa shape index (κ3) is 4.11. The maximum absolute atomic E-state index is 13.2. The molecule has 0 amide bonds. The van der Waals surface area contributed by atoms with Gasteiger partial charge >= 0.3 is 0 Å². The Morgan fingerprint density at radius 1 is 1.48 bits per heavy atom. The molecule has 112 valence electrons. The van der Waals surface area contributed by atoms with Crippen LogP contribution in [0.15, 0.2) is 30.5 Å². The maximum Gasteiger partial charge on any atom is 0.202 e. The third-order valence-electron chi connectivity index (χ3n) is 2.42. The van der Waals surface area contributed by atoms with Gasteiger partial charge in [0.1, 0.15) is 5.82 Å². The molecule has 0 bridgehead atoms. The summed E-state index contributed by atoms with van der Waals surface area (Å²) in [5, 5.41) is 13.6. The summed E-state index contributed by atoms with van der Waals surface area (Å²) in [6.45, 7) is 0.971. The zero-order chi connectivity index (χ0) is 15.2. The number of nitrogens with zero attached hydrogens (tertiary/aromatic N) is 3. The van der Waals surface area contributed by atoms with Gasteiger partial charge in [-0.2, -0.15) is 3.21 Å². The predicted octanol–water partition coefficient (Wildman–Crippen LogP) is 2.55. The molecule has 0 fully saturated rings. The van der Waals surface area contributed by atoms with E-state index in [4.69, 9.17) is 10.4 Å². The van der Waals surface area contributed by atoms with Crippen molar-refractivity contribution in [2.45, 2.75) is 0 Å². The number of nitrogens with two attached hydrogens (primary N) is 1. The van der Waals surface area contributed by atoms with Crippen molar-refractivity contribution >= 4 is 56.1 Å². The second-order valence-corrected chi connectivity index (χ2v) is 5.20. The van der Waals surface area contributed by atoms with Crippen molar-refractivity contribution in [3.8, 4) is 0 Å². The molecule has 21 heavy (non-hydrogen) atoms. The largest absolute Gasteiger partial charge is 0.364 e. The molecule has 1 aromatic carbocycles. The Morgan fingerprint density at radius 3 is 2.95 bits per heavy atom. The van der Waals surface area contributed by atoms with Gasteiger partial charge in [0, 0.05) is 18.8 Å². The average Bonchev–Trinajstić information content (AvgIpc) is 2.94. The molecule has 0 radical (unpaired) electrons. The molecule has 0 aliphatic rings. The Balaban J connectivity index is 2.20. The molecular weight excluding hydrogens is 458 g/mol. The van der Waals surface area contributed by atoms with Crippen LogP contribution in [-0.2, 0) is 0 Å². The molecule has 0 aliphatic carbocycles. The number of hydrogen-bond donors (Lipinski definition) is 3. The van der Waals surface area contributed by atoms with Crippen LogP contribution in [0.3, 0.4) is 0 Å². The monoisotopic (exact) mass is 468 g/mol. The highest BCUT2D eigenvalue weighted by Crippen LogP contribution is 2.21. The number of anilines is 2. The fraction of sp³-hybridized carbons (Fsp3) is 0.182. The Morgan fingerprint density at radius 2 is 2.29 bits per heavy atom. The van der Waals surface area contributed by atoms with Crippen molar-refractivity contribution in [2.24, 2.45) is 8.94 Å². The molecule has 10 heteroatoms. The second kappa shape index (κ2) is 7.66. The molecule has 0 aliphatic heterocycles. The molecule has 7 nitrogen and oxygen atoms in total. The van der Waals surface area contributed by atoms with Crippen LogP contribution in [0.5, 0.6) is 0 Å². The van der Waals surface area contributed by atoms with Gasteiger partial charge in [-0.05, 0) is 44.4 Å². The summed E-state index contributed by atoms with van der Waals surface area (Å²) < 4.78 is 22.4. The Bertz CT molecular complexity index is 649. The van der Waals surface area contributed by atoms with E-state index in [0.717, 1.165) is 0 Å². The van der Waals surface area contributed by atoms with Crippen LogP contribution in [-0.4, -0.2) is 29.2 Å². The summed E-state index contributed by atoms with van der Waals surface area (Å²) in [6.07, 6.45) is 0. The van der Waals surface area contributed by atoms with Crippen LogP contribution in [0, 0.1) is 5.82 Å². The molecule has 0 spiro atoms. The molecule has 0 atom stereocenters. The van der Waals surface area contributed by atoms with Gasteiger partial charge in [0.2, 0.25) is 5.82 Å². The number of halogens is 3. The van der Waals surface area contributed by atoms with Crippen molar-refractivity contribution in [1.29, 1.82) is 0 Å². The van der Waals surface area contributed by atoms with Crippen LogP contribution in [0.1, 0.15) is 5.69 Å². The molecule has 0 saturated carbocycles. The number of amidine groups is 1. The van der Waals surface area contributed by atoms with E-state index >= 15 is 0 Å². The first-order valence-electron chi connectivity index (χ1n) is 5.83. The van der Waals surface area contributed by atoms with Gasteiger partial charge in [-0.1, -0.05) is 0 Å². The molecule has 0 saturated heterocycles. The van der Waals surface area contributed by atoms with E-state index in [-0.39, 0.29) is 5.82 Å². The van der Waals surface area contributed by atoms with Crippen LogP contribution < -0.4 is 16.4 Å². The highest BCUT2D eigenvalue weighted by molar-refractivity contribution is 14.1. The first kappa shape index (κ1) is 16.1. The summed E-state index contributed by atoms with van der Waals surface area (Å²) in [4.78, 5) is 0. The van der Waals surface area contributed by atoms with Gasteiger partial charge in [0.05, 0.1) is 27.3 Å². The lowest BCUT2D eigenvalue weighted by molar-refractivity contribution is 0.308. The van der Waals surface area contributed by atoms with E-state index in [1.807, 2.05) is 22.9 Å². The standard InChI is InChI=1S/C11H11BrFIN6O/c12-7-5-6(1-2-8(7)13)17-11(18-14)9-10(16-4-3-15)20-21-19-9/h1-2,5H,3-4,15H2,(H,16,20)(H,17,18).